The van der Waals surface area contributed by atoms with Crippen molar-refractivity contribution in [3.8, 4) is 17.6 Å². The number of carbonyl (C=O) groups excluding carboxylic acids is 1. The molecule has 3 aromatic rings. The molecular formula is C20H14F2N2O2. The number of halogens is 2. The van der Waals surface area contributed by atoms with E-state index in [-0.39, 0.29) is 18.7 Å². The number of ether oxygens (including phenoxy) is 1. The van der Waals surface area contributed by atoms with Crippen molar-refractivity contribution in [2.45, 2.75) is 0 Å². The maximum absolute atomic E-state index is 13.1. The van der Waals surface area contributed by atoms with E-state index >= 15 is 0 Å². The van der Waals surface area contributed by atoms with Gasteiger partial charge in [0.05, 0.1) is 12.1 Å². The molecule has 6 heteroatoms. The van der Waals surface area contributed by atoms with Crippen LogP contribution in [0.1, 0.15) is 10.4 Å². The van der Waals surface area contributed by atoms with Crippen LogP contribution in [-0.4, -0.2) is 24.0 Å². The Kier molecular flexibility index (Phi) is 5.40. The van der Waals surface area contributed by atoms with Gasteiger partial charge in [-0.25, -0.2) is 8.78 Å². The summed E-state index contributed by atoms with van der Waals surface area (Å²) in [6.45, 7) is 0.222. The number of fused-ring (bicyclic) bond motifs is 1. The quantitative estimate of drug-likeness (QED) is 0.733. The molecule has 0 radical (unpaired) electrons. The van der Waals surface area contributed by atoms with Crippen LogP contribution in [0.4, 0.5) is 8.78 Å². The Bertz CT molecular complexity index is 1010. The van der Waals surface area contributed by atoms with Gasteiger partial charge >= 0.3 is 0 Å². The molecule has 0 atom stereocenters. The van der Waals surface area contributed by atoms with E-state index in [2.05, 4.69) is 22.1 Å². The molecule has 0 saturated carbocycles. The molecule has 1 aromatic heterocycles. The van der Waals surface area contributed by atoms with Gasteiger partial charge in [-0.15, -0.1) is 0 Å². The number of aromatic nitrogens is 1. The molecule has 0 bridgehead atoms. The van der Waals surface area contributed by atoms with Crippen LogP contribution in [0.3, 0.4) is 0 Å². The number of nitrogens with one attached hydrogen (secondary N) is 1. The van der Waals surface area contributed by atoms with Crippen molar-refractivity contribution in [3.63, 3.8) is 0 Å². The highest BCUT2D eigenvalue weighted by Gasteiger charge is 2.08. The Morgan fingerprint density at radius 1 is 1.08 bits per heavy atom. The number of rotatable bonds is 4. The lowest BCUT2D eigenvalue weighted by molar-refractivity contribution is 0.0958. The minimum atomic E-state index is -1.07. The van der Waals surface area contributed by atoms with Gasteiger partial charge in [-0.05, 0) is 36.4 Å². The number of benzene rings is 2. The third kappa shape index (κ3) is 4.33. The molecule has 0 fully saturated rings. The minimum absolute atomic E-state index is 0.0330. The summed E-state index contributed by atoms with van der Waals surface area (Å²) in [5.74, 6) is 3.55. The summed E-state index contributed by atoms with van der Waals surface area (Å²) in [5, 5.41) is 3.52. The van der Waals surface area contributed by atoms with Crippen molar-refractivity contribution in [2.75, 3.05) is 13.2 Å². The van der Waals surface area contributed by atoms with E-state index in [1.54, 1.807) is 6.20 Å². The largest absolute Gasteiger partial charge is 0.481 e. The van der Waals surface area contributed by atoms with E-state index in [4.69, 9.17) is 4.74 Å². The molecule has 3 rings (SSSR count). The van der Waals surface area contributed by atoms with Crippen LogP contribution in [0.5, 0.6) is 5.75 Å². The summed E-state index contributed by atoms with van der Waals surface area (Å²) in [6.07, 6.45) is 1.71. The lowest BCUT2D eigenvalue weighted by atomic mass is 10.2. The highest BCUT2D eigenvalue weighted by molar-refractivity contribution is 5.94. The number of hydrogen-bond acceptors (Lipinski definition) is 3. The fourth-order valence-corrected chi connectivity index (χ4v) is 2.23. The Morgan fingerprint density at radius 3 is 2.81 bits per heavy atom. The monoisotopic (exact) mass is 352 g/mol. The minimum Gasteiger partial charge on any atom is -0.481 e. The number of amides is 1. The molecule has 1 N–H and O–H groups in total. The Hall–Kier alpha value is -3.46. The summed E-state index contributed by atoms with van der Waals surface area (Å²) in [5.41, 5.74) is 0.863. The zero-order valence-corrected chi connectivity index (χ0v) is 13.6. The first kappa shape index (κ1) is 17.4. The molecule has 0 unspecified atom stereocenters. The lowest BCUT2D eigenvalue weighted by Crippen LogP contribution is -2.23. The lowest BCUT2D eigenvalue weighted by Gasteiger charge is -2.03. The van der Waals surface area contributed by atoms with Crippen molar-refractivity contribution >= 4 is 16.8 Å². The van der Waals surface area contributed by atoms with Crippen molar-refractivity contribution in [1.82, 2.24) is 10.3 Å². The van der Waals surface area contributed by atoms with Gasteiger partial charge in [-0.2, -0.15) is 0 Å². The Morgan fingerprint density at radius 2 is 1.96 bits per heavy atom. The van der Waals surface area contributed by atoms with Gasteiger partial charge in [0.1, 0.15) is 12.4 Å². The van der Waals surface area contributed by atoms with Crippen LogP contribution >= 0.6 is 0 Å². The van der Waals surface area contributed by atoms with Crippen LogP contribution in [-0.2, 0) is 0 Å². The van der Waals surface area contributed by atoms with E-state index in [0.717, 1.165) is 23.0 Å². The van der Waals surface area contributed by atoms with E-state index in [1.807, 2.05) is 30.3 Å². The first-order chi connectivity index (χ1) is 12.6. The van der Waals surface area contributed by atoms with Gasteiger partial charge in [0.2, 0.25) is 0 Å². The highest BCUT2D eigenvalue weighted by atomic mass is 19.2. The van der Waals surface area contributed by atoms with Gasteiger partial charge in [-0.3, -0.25) is 9.78 Å². The predicted octanol–water partition coefficient (Wildman–Crippen LogP) is 3.33. The Balaban J connectivity index is 1.47. The third-order valence-corrected chi connectivity index (χ3v) is 3.53. The van der Waals surface area contributed by atoms with Crippen LogP contribution < -0.4 is 10.1 Å². The summed E-state index contributed by atoms with van der Waals surface area (Å²) >= 11 is 0. The molecule has 0 aliphatic heterocycles. The molecule has 1 amide bonds. The topological polar surface area (TPSA) is 51.2 Å². The number of hydrogen-bond donors (Lipinski definition) is 1. The smallest absolute Gasteiger partial charge is 0.252 e. The first-order valence-corrected chi connectivity index (χ1v) is 7.80. The molecule has 1 heterocycles. The normalized spacial score (nSPS) is 10.1. The molecular weight excluding hydrogens is 338 g/mol. The van der Waals surface area contributed by atoms with Crippen LogP contribution in [0, 0.1) is 23.5 Å². The van der Waals surface area contributed by atoms with Crippen molar-refractivity contribution in [1.29, 1.82) is 0 Å². The zero-order valence-electron chi connectivity index (χ0n) is 13.6. The number of carbonyl (C=O) groups is 1. The van der Waals surface area contributed by atoms with Gasteiger partial charge < -0.3 is 10.1 Å². The van der Waals surface area contributed by atoms with Crippen LogP contribution in [0.2, 0.25) is 0 Å². The van der Waals surface area contributed by atoms with E-state index in [1.165, 1.54) is 6.07 Å². The summed E-state index contributed by atoms with van der Waals surface area (Å²) in [7, 11) is 0. The molecule has 4 nitrogen and oxygen atoms in total. The van der Waals surface area contributed by atoms with Gasteiger partial charge in [0, 0.05) is 23.2 Å². The SMILES string of the molecule is O=C(NCC#CCOc1ccc2cccnc2c1)c1ccc(F)c(F)c1. The molecule has 130 valence electrons. The van der Waals surface area contributed by atoms with E-state index in [0.29, 0.717) is 5.75 Å². The summed E-state index contributed by atoms with van der Waals surface area (Å²) in [6, 6.07) is 12.3. The maximum atomic E-state index is 13.1. The summed E-state index contributed by atoms with van der Waals surface area (Å²) < 4.78 is 31.4. The molecule has 2 aromatic carbocycles. The summed E-state index contributed by atoms with van der Waals surface area (Å²) in [4.78, 5) is 16.0. The second kappa shape index (κ2) is 8.08. The van der Waals surface area contributed by atoms with Crippen molar-refractivity contribution < 1.29 is 18.3 Å². The average Bonchev–Trinajstić information content (AvgIpc) is 2.66. The van der Waals surface area contributed by atoms with E-state index < -0.39 is 17.5 Å². The molecule has 0 aliphatic carbocycles. The average molecular weight is 352 g/mol. The highest BCUT2D eigenvalue weighted by Crippen LogP contribution is 2.18. The second-order valence-corrected chi connectivity index (χ2v) is 5.31. The van der Waals surface area contributed by atoms with Gasteiger partial charge in [0.25, 0.3) is 5.91 Å². The molecule has 0 aliphatic rings. The van der Waals surface area contributed by atoms with Gasteiger partial charge in [-0.1, -0.05) is 17.9 Å². The molecule has 0 spiro atoms. The van der Waals surface area contributed by atoms with Gasteiger partial charge in [0.15, 0.2) is 11.6 Å². The standard InChI is InChI=1S/C20H14F2N2O2/c21-17-8-6-15(12-18(17)22)20(25)24-9-1-2-11-26-16-7-5-14-4-3-10-23-19(14)13-16/h3-8,10,12-13H,9,11H2,(H,24,25). The fourth-order valence-electron chi connectivity index (χ4n) is 2.23. The fraction of sp³-hybridized carbons (Fsp3) is 0.100. The maximum Gasteiger partial charge on any atom is 0.252 e. The molecule has 26 heavy (non-hydrogen) atoms. The van der Waals surface area contributed by atoms with Crippen LogP contribution in [0.15, 0.2) is 54.7 Å². The van der Waals surface area contributed by atoms with E-state index in [9.17, 15) is 13.6 Å². The van der Waals surface area contributed by atoms with Crippen LogP contribution in [0.25, 0.3) is 10.9 Å². The predicted molar refractivity (Wildman–Crippen MR) is 93.7 cm³/mol. The zero-order chi connectivity index (χ0) is 18.4. The van der Waals surface area contributed by atoms with Crippen molar-refractivity contribution in [2.24, 2.45) is 0 Å². The Labute approximate surface area is 148 Å². The second-order valence-electron chi connectivity index (χ2n) is 5.31. The third-order valence-electron chi connectivity index (χ3n) is 3.53. The number of pyridine rings is 1. The number of nitrogens with zero attached hydrogens (tertiary/aromatic N) is 1. The van der Waals surface area contributed by atoms with Crippen molar-refractivity contribution in [3.05, 3.63) is 71.9 Å². The first-order valence-electron chi connectivity index (χ1n) is 7.80. The molecule has 0 saturated heterocycles.